The van der Waals surface area contributed by atoms with E-state index in [9.17, 15) is 9.59 Å². The predicted molar refractivity (Wildman–Crippen MR) is 93.7 cm³/mol. The number of carbonyl (C=O) groups is 2. The minimum Gasteiger partial charge on any atom is -0.353 e. The maximum Gasteiger partial charge on any atom is 0.251 e. The first-order chi connectivity index (χ1) is 10.8. The standard InChI is InChI=1S/C17H26ClN3O2/c1-5-19-12(4)10-20-17(23)15(11(2)3)21-16(22)13-6-8-14(18)9-7-13/h6-9,11-12,15,19H,5,10H2,1-4H3,(H,20,23)(H,21,22)/t12-,15?/m1/s1. The molecule has 0 aliphatic rings. The lowest BCUT2D eigenvalue weighted by Crippen LogP contribution is -2.51. The van der Waals surface area contributed by atoms with Crippen molar-refractivity contribution in [3.63, 3.8) is 0 Å². The first kappa shape index (κ1) is 19.5. The third-order valence-electron chi connectivity index (χ3n) is 3.48. The molecule has 1 rings (SSSR count). The highest BCUT2D eigenvalue weighted by Gasteiger charge is 2.24. The fourth-order valence-electron chi connectivity index (χ4n) is 2.15. The number of hydrogen-bond donors (Lipinski definition) is 3. The van der Waals surface area contributed by atoms with Crippen molar-refractivity contribution in [1.82, 2.24) is 16.0 Å². The van der Waals surface area contributed by atoms with Gasteiger partial charge in [0.05, 0.1) is 0 Å². The van der Waals surface area contributed by atoms with Gasteiger partial charge in [-0.05, 0) is 43.7 Å². The maximum atomic E-state index is 12.3. The normalized spacial score (nSPS) is 13.5. The van der Waals surface area contributed by atoms with Crippen LogP contribution < -0.4 is 16.0 Å². The minimum atomic E-state index is -0.577. The molecule has 23 heavy (non-hydrogen) atoms. The van der Waals surface area contributed by atoms with Gasteiger partial charge in [-0.25, -0.2) is 0 Å². The Morgan fingerprint density at radius 3 is 2.26 bits per heavy atom. The van der Waals surface area contributed by atoms with E-state index < -0.39 is 6.04 Å². The third-order valence-corrected chi connectivity index (χ3v) is 3.73. The summed E-state index contributed by atoms with van der Waals surface area (Å²) in [6.07, 6.45) is 0. The molecule has 3 N–H and O–H groups in total. The van der Waals surface area contributed by atoms with E-state index in [-0.39, 0.29) is 23.8 Å². The summed E-state index contributed by atoms with van der Waals surface area (Å²) < 4.78 is 0. The predicted octanol–water partition coefficient (Wildman–Crippen LogP) is 2.21. The van der Waals surface area contributed by atoms with E-state index in [0.29, 0.717) is 17.1 Å². The number of nitrogens with one attached hydrogen (secondary N) is 3. The van der Waals surface area contributed by atoms with Gasteiger partial charge in [0, 0.05) is 23.2 Å². The second kappa shape index (κ2) is 9.53. The van der Waals surface area contributed by atoms with E-state index in [4.69, 9.17) is 11.6 Å². The fourth-order valence-corrected chi connectivity index (χ4v) is 2.27. The second-order valence-electron chi connectivity index (χ2n) is 5.91. The van der Waals surface area contributed by atoms with E-state index in [1.54, 1.807) is 24.3 Å². The average molecular weight is 340 g/mol. The second-order valence-corrected chi connectivity index (χ2v) is 6.34. The SMILES string of the molecule is CCN[C@H](C)CNC(=O)C(NC(=O)c1ccc(Cl)cc1)C(C)C. The van der Waals surface area contributed by atoms with Crippen molar-refractivity contribution in [1.29, 1.82) is 0 Å². The number of halogens is 1. The van der Waals surface area contributed by atoms with Crippen LogP contribution in [0.4, 0.5) is 0 Å². The zero-order valence-corrected chi connectivity index (χ0v) is 14.9. The van der Waals surface area contributed by atoms with Gasteiger partial charge >= 0.3 is 0 Å². The molecule has 1 aromatic carbocycles. The molecule has 0 fully saturated rings. The molecule has 5 nitrogen and oxygen atoms in total. The summed E-state index contributed by atoms with van der Waals surface area (Å²) in [7, 11) is 0. The molecule has 1 aromatic rings. The van der Waals surface area contributed by atoms with Gasteiger partial charge in [-0.3, -0.25) is 9.59 Å². The van der Waals surface area contributed by atoms with Crippen LogP contribution >= 0.6 is 11.6 Å². The summed E-state index contributed by atoms with van der Waals surface area (Å²) >= 11 is 5.82. The summed E-state index contributed by atoms with van der Waals surface area (Å²) in [5.41, 5.74) is 0.480. The summed E-state index contributed by atoms with van der Waals surface area (Å²) in [4.78, 5) is 24.6. The number of rotatable bonds is 8. The van der Waals surface area contributed by atoms with Crippen LogP contribution in [-0.2, 0) is 4.79 Å². The Morgan fingerprint density at radius 2 is 1.74 bits per heavy atom. The van der Waals surface area contributed by atoms with E-state index in [1.165, 1.54) is 0 Å². The smallest absolute Gasteiger partial charge is 0.251 e. The zero-order chi connectivity index (χ0) is 17.4. The van der Waals surface area contributed by atoms with Crippen LogP contribution in [0.25, 0.3) is 0 Å². The van der Waals surface area contributed by atoms with Gasteiger partial charge in [-0.15, -0.1) is 0 Å². The highest BCUT2D eigenvalue weighted by Crippen LogP contribution is 2.10. The Bertz CT molecular complexity index is 517. The Morgan fingerprint density at radius 1 is 1.13 bits per heavy atom. The molecule has 2 atom stereocenters. The molecule has 0 heterocycles. The van der Waals surface area contributed by atoms with Crippen molar-refractivity contribution in [2.75, 3.05) is 13.1 Å². The summed E-state index contributed by atoms with van der Waals surface area (Å²) in [6, 6.07) is 6.19. The van der Waals surface area contributed by atoms with Crippen molar-refractivity contribution < 1.29 is 9.59 Å². The zero-order valence-electron chi connectivity index (χ0n) is 14.2. The Kier molecular flexibility index (Phi) is 8.06. The molecular formula is C17H26ClN3O2. The lowest BCUT2D eigenvalue weighted by atomic mass is 10.0. The topological polar surface area (TPSA) is 70.2 Å². The van der Waals surface area contributed by atoms with Gasteiger partial charge in [0.1, 0.15) is 6.04 Å². The first-order valence-electron chi connectivity index (χ1n) is 7.92. The van der Waals surface area contributed by atoms with Crippen LogP contribution in [0.5, 0.6) is 0 Å². The highest BCUT2D eigenvalue weighted by molar-refractivity contribution is 6.30. The number of hydrogen-bond acceptors (Lipinski definition) is 3. The molecule has 2 amide bonds. The summed E-state index contributed by atoms with van der Waals surface area (Å²) in [6.45, 7) is 9.19. The molecule has 0 aromatic heterocycles. The van der Waals surface area contributed by atoms with E-state index in [2.05, 4.69) is 16.0 Å². The molecule has 0 saturated carbocycles. The largest absolute Gasteiger partial charge is 0.353 e. The van der Waals surface area contributed by atoms with Gasteiger partial charge in [0.25, 0.3) is 5.91 Å². The Labute approximate surface area is 143 Å². The maximum absolute atomic E-state index is 12.3. The van der Waals surface area contributed by atoms with E-state index >= 15 is 0 Å². The Balaban J connectivity index is 2.65. The third kappa shape index (κ3) is 6.59. The number of likely N-dealkylation sites (N-methyl/N-ethyl adjacent to an activating group) is 1. The van der Waals surface area contributed by atoms with Crippen LogP contribution in [0.3, 0.4) is 0 Å². The average Bonchev–Trinajstić information content (AvgIpc) is 2.50. The van der Waals surface area contributed by atoms with Crippen molar-refractivity contribution in [2.45, 2.75) is 39.8 Å². The van der Waals surface area contributed by atoms with Crippen molar-refractivity contribution in [2.24, 2.45) is 5.92 Å². The fraction of sp³-hybridized carbons (Fsp3) is 0.529. The lowest BCUT2D eigenvalue weighted by Gasteiger charge is -2.23. The molecule has 128 valence electrons. The molecule has 1 unspecified atom stereocenters. The lowest BCUT2D eigenvalue weighted by molar-refractivity contribution is -0.124. The van der Waals surface area contributed by atoms with Gasteiger partial charge in [-0.2, -0.15) is 0 Å². The van der Waals surface area contributed by atoms with Crippen molar-refractivity contribution in [3.05, 3.63) is 34.9 Å². The molecule has 0 aliphatic heterocycles. The monoisotopic (exact) mass is 339 g/mol. The van der Waals surface area contributed by atoms with Gasteiger partial charge in [0.2, 0.25) is 5.91 Å². The molecule has 0 aliphatic carbocycles. The first-order valence-corrected chi connectivity index (χ1v) is 8.30. The minimum absolute atomic E-state index is 0.0132. The van der Waals surface area contributed by atoms with Gasteiger partial charge in [0.15, 0.2) is 0 Å². The van der Waals surface area contributed by atoms with Crippen molar-refractivity contribution in [3.8, 4) is 0 Å². The van der Waals surface area contributed by atoms with Crippen LogP contribution in [0.1, 0.15) is 38.1 Å². The van der Waals surface area contributed by atoms with Crippen LogP contribution in [0, 0.1) is 5.92 Å². The van der Waals surface area contributed by atoms with Crippen LogP contribution in [0.15, 0.2) is 24.3 Å². The molecule has 0 radical (unpaired) electrons. The van der Waals surface area contributed by atoms with Gasteiger partial charge in [-0.1, -0.05) is 32.4 Å². The number of carbonyl (C=O) groups excluding carboxylic acids is 2. The van der Waals surface area contributed by atoms with Crippen LogP contribution in [0.2, 0.25) is 5.02 Å². The Hall–Kier alpha value is -1.59. The highest BCUT2D eigenvalue weighted by atomic mass is 35.5. The van der Waals surface area contributed by atoms with Crippen LogP contribution in [-0.4, -0.2) is 37.0 Å². The quantitative estimate of drug-likeness (QED) is 0.680. The molecule has 0 bridgehead atoms. The van der Waals surface area contributed by atoms with E-state index in [1.807, 2.05) is 27.7 Å². The number of amides is 2. The van der Waals surface area contributed by atoms with Crippen molar-refractivity contribution >= 4 is 23.4 Å². The number of benzene rings is 1. The summed E-state index contributed by atoms with van der Waals surface area (Å²) in [5, 5.41) is 9.46. The van der Waals surface area contributed by atoms with E-state index in [0.717, 1.165) is 6.54 Å². The molecule has 6 heteroatoms. The summed E-state index contributed by atoms with van der Waals surface area (Å²) in [5.74, 6) is -0.469. The molecular weight excluding hydrogens is 314 g/mol. The molecule has 0 saturated heterocycles. The molecule has 0 spiro atoms. The van der Waals surface area contributed by atoms with Gasteiger partial charge < -0.3 is 16.0 Å².